The van der Waals surface area contributed by atoms with Gasteiger partial charge in [-0.15, -0.1) is 11.8 Å². The van der Waals surface area contributed by atoms with E-state index in [0.717, 1.165) is 21.7 Å². The van der Waals surface area contributed by atoms with Crippen LogP contribution in [0.4, 0.5) is 5.69 Å². The van der Waals surface area contributed by atoms with Crippen molar-refractivity contribution in [3.63, 3.8) is 0 Å². The van der Waals surface area contributed by atoms with Crippen LogP contribution in [0.15, 0.2) is 88.9 Å². The number of hydrogen-bond acceptors (Lipinski definition) is 5. The number of aryl methyl sites for hydroxylation is 1. The Hall–Kier alpha value is -3.58. The van der Waals surface area contributed by atoms with Gasteiger partial charge in [-0.25, -0.2) is 5.43 Å². The van der Waals surface area contributed by atoms with Crippen LogP contribution < -0.4 is 15.5 Å². The first-order chi connectivity index (χ1) is 15.5. The normalized spacial score (nSPS) is 11.7. The molecule has 0 saturated heterocycles. The second kappa shape index (κ2) is 11.7. The second-order valence-corrected chi connectivity index (χ2v) is 8.49. The maximum Gasteiger partial charge on any atom is 0.262 e. The highest BCUT2D eigenvalue weighted by atomic mass is 32.2. The third kappa shape index (κ3) is 7.59. The summed E-state index contributed by atoms with van der Waals surface area (Å²) in [5.74, 6) is 0.164. The summed E-state index contributed by atoms with van der Waals surface area (Å²) in [5.41, 5.74) is 5.21. The molecule has 0 heterocycles. The first-order valence-electron chi connectivity index (χ1n) is 10.1. The molecule has 0 spiro atoms. The van der Waals surface area contributed by atoms with Gasteiger partial charge in [0.1, 0.15) is 5.75 Å². The van der Waals surface area contributed by atoms with Crippen LogP contribution in [0, 0.1) is 6.92 Å². The maximum atomic E-state index is 12.2. The number of carbonyl (C=O) groups is 2. The Morgan fingerprint density at radius 1 is 1.00 bits per heavy atom. The van der Waals surface area contributed by atoms with E-state index in [1.807, 2.05) is 68.4 Å². The minimum absolute atomic E-state index is 0.0889. The van der Waals surface area contributed by atoms with Gasteiger partial charge < -0.3 is 10.1 Å². The molecule has 2 N–H and O–H groups in total. The van der Waals surface area contributed by atoms with Crippen LogP contribution in [0.1, 0.15) is 18.1 Å². The summed E-state index contributed by atoms with van der Waals surface area (Å²) in [4.78, 5) is 25.2. The van der Waals surface area contributed by atoms with E-state index in [2.05, 4.69) is 15.8 Å². The smallest absolute Gasteiger partial charge is 0.262 e. The predicted octanol–water partition coefficient (Wildman–Crippen LogP) is 4.64. The summed E-state index contributed by atoms with van der Waals surface area (Å²) in [6, 6.07) is 24.4. The lowest BCUT2D eigenvalue weighted by atomic mass is 10.2. The average molecular weight is 448 g/mol. The minimum Gasteiger partial charge on any atom is -0.484 e. The summed E-state index contributed by atoms with van der Waals surface area (Å²) in [6.45, 7) is 3.74. The lowest BCUT2D eigenvalue weighted by molar-refractivity contribution is -0.120. The fourth-order valence-corrected chi connectivity index (χ4v) is 3.53. The number of rotatable bonds is 9. The van der Waals surface area contributed by atoms with Crippen molar-refractivity contribution in [3.05, 3.63) is 90.0 Å². The number of ether oxygens (including phenoxy) is 1. The lowest BCUT2D eigenvalue weighted by Gasteiger charge is -2.09. The number of benzene rings is 3. The molecule has 3 aromatic rings. The van der Waals surface area contributed by atoms with Crippen LogP contribution in [0.25, 0.3) is 0 Å². The van der Waals surface area contributed by atoms with Gasteiger partial charge in [0.2, 0.25) is 0 Å². The van der Waals surface area contributed by atoms with E-state index in [1.54, 1.807) is 30.5 Å². The largest absolute Gasteiger partial charge is 0.484 e. The molecule has 0 aliphatic rings. The Morgan fingerprint density at radius 2 is 1.69 bits per heavy atom. The predicted molar refractivity (Wildman–Crippen MR) is 129 cm³/mol. The Bertz CT molecular complexity index is 1050. The zero-order valence-corrected chi connectivity index (χ0v) is 18.8. The van der Waals surface area contributed by atoms with Crippen molar-refractivity contribution in [1.29, 1.82) is 0 Å². The number of nitrogens with one attached hydrogen (secondary N) is 2. The van der Waals surface area contributed by atoms with E-state index in [-0.39, 0.29) is 23.7 Å². The standard InChI is InChI=1S/C25H25N3O3S/c1-18-8-12-21(13-9-18)27-24(29)17-31-22-14-10-20(11-15-22)16-26-28-25(30)19(2)32-23-6-4-3-5-7-23/h3-16,19H,17H2,1-2H3,(H,27,29)(H,28,30)/b26-16-/t19-/m1/s1. The third-order valence-corrected chi connectivity index (χ3v) is 5.51. The highest BCUT2D eigenvalue weighted by Crippen LogP contribution is 2.22. The molecule has 7 heteroatoms. The van der Waals surface area contributed by atoms with E-state index in [9.17, 15) is 9.59 Å². The van der Waals surface area contributed by atoms with Gasteiger partial charge in [-0.3, -0.25) is 9.59 Å². The molecule has 6 nitrogen and oxygen atoms in total. The number of hydrogen-bond donors (Lipinski definition) is 2. The second-order valence-electron chi connectivity index (χ2n) is 7.08. The molecule has 0 unspecified atom stereocenters. The number of carbonyl (C=O) groups excluding carboxylic acids is 2. The molecule has 0 radical (unpaired) electrons. The van der Waals surface area contributed by atoms with E-state index < -0.39 is 0 Å². The Morgan fingerprint density at radius 3 is 2.38 bits per heavy atom. The van der Waals surface area contributed by atoms with Crippen molar-refractivity contribution in [1.82, 2.24) is 5.43 Å². The quantitative estimate of drug-likeness (QED) is 0.284. The molecule has 0 aromatic heterocycles. The van der Waals surface area contributed by atoms with Crippen molar-refractivity contribution in [2.24, 2.45) is 5.10 Å². The fraction of sp³-hybridized carbons (Fsp3) is 0.160. The molecule has 3 rings (SSSR count). The summed E-state index contributed by atoms with van der Waals surface area (Å²) in [6.07, 6.45) is 1.56. The van der Waals surface area contributed by atoms with Gasteiger partial charge in [-0.2, -0.15) is 5.10 Å². The van der Waals surface area contributed by atoms with Crippen molar-refractivity contribution in [2.45, 2.75) is 24.0 Å². The van der Waals surface area contributed by atoms with Crippen molar-refractivity contribution in [2.75, 3.05) is 11.9 Å². The summed E-state index contributed by atoms with van der Waals surface area (Å²) < 4.78 is 5.52. The molecular formula is C25H25N3O3S. The summed E-state index contributed by atoms with van der Waals surface area (Å²) >= 11 is 1.47. The lowest BCUT2D eigenvalue weighted by Crippen LogP contribution is -2.26. The number of anilines is 1. The molecule has 1 atom stereocenters. The van der Waals surface area contributed by atoms with Crippen LogP contribution in [0.5, 0.6) is 5.75 Å². The zero-order valence-electron chi connectivity index (χ0n) is 17.9. The SMILES string of the molecule is Cc1ccc(NC(=O)COc2ccc(/C=N\NC(=O)[C@@H](C)Sc3ccccc3)cc2)cc1. The van der Waals surface area contributed by atoms with Crippen molar-refractivity contribution in [3.8, 4) is 5.75 Å². The van der Waals surface area contributed by atoms with Crippen molar-refractivity contribution >= 4 is 35.5 Å². The Kier molecular flexibility index (Phi) is 8.45. The highest BCUT2D eigenvalue weighted by molar-refractivity contribution is 8.00. The van der Waals surface area contributed by atoms with Gasteiger partial charge in [-0.05, 0) is 67.9 Å². The average Bonchev–Trinajstić information content (AvgIpc) is 2.80. The van der Waals surface area contributed by atoms with Gasteiger partial charge in [0.15, 0.2) is 6.61 Å². The van der Waals surface area contributed by atoms with E-state index >= 15 is 0 Å². The van der Waals surface area contributed by atoms with Gasteiger partial charge in [0.05, 0.1) is 11.5 Å². The number of thioether (sulfide) groups is 1. The summed E-state index contributed by atoms with van der Waals surface area (Å²) in [7, 11) is 0. The molecule has 0 aliphatic heterocycles. The molecular weight excluding hydrogens is 422 g/mol. The zero-order chi connectivity index (χ0) is 22.8. The highest BCUT2D eigenvalue weighted by Gasteiger charge is 2.13. The van der Waals surface area contributed by atoms with Crippen LogP contribution >= 0.6 is 11.8 Å². The van der Waals surface area contributed by atoms with Gasteiger partial charge in [0, 0.05) is 10.6 Å². The van der Waals surface area contributed by atoms with E-state index in [4.69, 9.17) is 4.74 Å². The monoisotopic (exact) mass is 447 g/mol. The van der Waals surface area contributed by atoms with Crippen LogP contribution in [-0.4, -0.2) is 29.9 Å². The fourth-order valence-electron chi connectivity index (χ4n) is 2.65. The first kappa shape index (κ1) is 23.1. The molecule has 0 fully saturated rings. The first-order valence-corrected chi connectivity index (χ1v) is 11.0. The van der Waals surface area contributed by atoms with Crippen molar-refractivity contribution < 1.29 is 14.3 Å². The molecule has 3 aromatic carbocycles. The minimum atomic E-state index is -0.267. The number of nitrogens with zero attached hydrogens (tertiary/aromatic N) is 1. The van der Waals surface area contributed by atoms with Crippen LogP contribution in [0.2, 0.25) is 0 Å². The van der Waals surface area contributed by atoms with Crippen LogP contribution in [-0.2, 0) is 9.59 Å². The Labute approximate surface area is 192 Å². The molecule has 2 amide bonds. The van der Waals surface area contributed by atoms with Gasteiger partial charge in [-0.1, -0.05) is 35.9 Å². The molecule has 0 aliphatic carbocycles. The molecule has 0 bridgehead atoms. The molecule has 32 heavy (non-hydrogen) atoms. The Balaban J connectivity index is 1.41. The maximum absolute atomic E-state index is 12.2. The number of hydrazone groups is 1. The van der Waals surface area contributed by atoms with Crippen LogP contribution in [0.3, 0.4) is 0 Å². The van der Waals surface area contributed by atoms with E-state index in [0.29, 0.717) is 5.75 Å². The topological polar surface area (TPSA) is 79.8 Å². The molecule has 0 saturated carbocycles. The van der Waals surface area contributed by atoms with Gasteiger partial charge in [0.25, 0.3) is 11.8 Å². The number of amides is 2. The third-order valence-electron chi connectivity index (χ3n) is 4.40. The summed E-state index contributed by atoms with van der Waals surface area (Å²) in [5, 5.41) is 6.54. The molecule has 164 valence electrons. The van der Waals surface area contributed by atoms with E-state index in [1.165, 1.54) is 11.8 Å². The van der Waals surface area contributed by atoms with Gasteiger partial charge >= 0.3 is 0 Å².